The molecule has 5 nitrogen and oxygen atoms in total. The molecule has 1 aromatic rings. The summed E-state index contributed by atoms with van der Waals surface area (Å²) in [5, 5.41) is 3.20. The van der Waals surface area contributed by atoms with Gasteiger partial charge in [0.15, 0.2) is 0 Å². The molecule has 1 aromatic heterocycles. The number of nitrogens with zero attached hydrogens (tertiary/aromatic N) is 1. The quantitative estimate of drug-likeness (QED) is 0.897. The Kier molecular flexibility index (Phi) is 4.86. The van der Waals surface area contributed by atoms with Gasteiger partial charge < -0.3 is 10.1 Å². The maximum absolute atomic E-state index is 12.6. The van der Waals surface area contributed by atoms with Crippen LogP contribution in [-0.2, 0) is 21.3 Å². The molecule has 0 saturated carbocycles. The standard InChI is InChI=1S/C13H22N2O3S2/c1-4-14-9-11-5-6-12(19-11)20(16,17)15-7-8-18-13(2,3)10-15/h5-6,14H,4,7-10H2,1-3H3. The zero-order chi connectivity index (χ0) is 14.8. The molecule has 0 bridgehead atoms. The van der Waals surface area contributed by atoms with Crippen LogP contribution in [-0.4, -0.2) is 44.6 Å². The van der Waals surface area contributed by atoms with Crippen LogP contribution in [0.1, 0.15) is 25.6 Å². The average Bonchev–Trinajstić information content (AvgIpc) is 2.84. The maximum Gasteiger partial charge on any atom is 0.252 e. The summed E-state index contributed by atoms with van der Waals surface area (Å²) < 4.78 is 32.8. The van der Waals surface area contributed by atoms with Gasteiger partial charge in [0.05, 0.1) is 12.2 Å². The van der Waals surface area contributed by atoms with E-state index in [2.05, 4.69) is 5.32 Å². The second-order valence-electron chi connectivity index (χ2n) is 5.45. The molecule has 0 radical (unpaired) electrons. The molecule has 0 spiro atoms. The van der Waals surface area contributed by atoms with Gasteiger partial charge in [-0.25, -0.2) is 8.42 Å². The Labute approximate surface area is 125 Å². The predicted molar refractivity (Wildman–Crippen MR) is 80.5 cm³/mol. The molecule has 114 valence electrons. The number of sulfonamides is 1. The van der Waals surface area contributed by atoms with Crippen molar-refractivity contribution in [2.45, 2.75) is 37.1 Å². The Hall–Kier alpha value is -0.470. The molecule has 0 atom stereocenters. The fraction of sp³-hybridized carbons (Fsp3) is 0.692. The van der Waals surface area contributed by atoms with Crippen LogP contribution >= 0.6 is 11.3 Å². The fourth-order valence-electron chi connectivity index (χ4n) is 2.15. The van der Waals surface area contributed by atoms with Crippen molar-refractivity contribution in [3.63, 3.8) is 0 Å². The first kappa shape index (κ1) is 15.9. The van der Waals surface area contributed by atoms with E-state index >= 15 is 0 Å². The van der Waals surface area contributed by atoms with Gasteiger partial charge in [-0.3, -0.25) is 0 Å². The lowest BCUT2D eigenvalue weighted by atomic mass is 10.1. The molecule has 0 unspecified atom stereocenters. The van der Waals surface area contributed by atoms with Crippen LogP contribution in [0, 0.1) is 0 Å². The molecule has 1 aliphatic heterocycles. The van der Waals surface area contributed by atoms with Gasteiger partial charge in [0, 0.05) is 24.5 Å². The van der Waals surface area contributed by atoms with E-state index < -0.39 is 15.6 Å². The number of rotatable bonds is 5. The van der Waals surface area contributed by atoms with Crippen molar-refractivity contribution in [2.24, 2.45) is 0 Å². The first-order chi connectivity index (χ1) is 9.35. The van der Waals surface area contributed by atoms with Gasteiger partial charge in [-0.2, -0.15) is 4.31 Å². The Bertz CT molecular complexity index is 552. The molecule has 2 heterocycles. The molecular weight excluding hydrogens is 296 g/mol. The summed E-state index contributed by atoms with van der Waals surface area (Å²) in [5.74, 6) is 0. The topological polar surface area (TPSA) is 58.6 Å². The fourth-order valence-corrected chi connectivity index (χ4v) is 5.20. The highest BCUT2D eigenvalue weighted by molar-refractivity contribution is 7.91. The smallest absolute Gasteiger partial charge is 0.252 e. The number of morpholine rings is 1. The lowest BCUT2D eigenvalue weighted by Crippen LogP contribution is -2.50. The summed E-state index contributed by atoms with van der Waals surface area (Å²) >= 11 is 1.34. The minimum absolute atomic E-state index is 0.399. The molecule has 1 fully saturated rings. The van der Waals surface area contributed by atoms with Crippen molar-refractivity contribution in [1.82, 2.24) is 9.62 Å². The van der Waals surface area contributed by atoms with Gasteiger partial charge in [-0.05, 0) is 32.5 Å². The third-order valence-electron chi connectivity index (χ3n) is 3.17. The molecule has 0 amide bonds. The van der Waals surface area contributed by atoms with Crippen LogP contribution in [0.2, 0.25) is 0 Å². The van der Waals surface area contributed by atoms with Gasteiger partial charge in [-0.1, -0.05) is 6.92 Å². The largest absolute Gasteiger partial charge is 0.373 e. The summed E-state index contributed by atoms with van der Waals surface area (Å²) in [5.41, 5.74) is -0.421. The Morgan fingerprint density at radius 2 is 2.20 bits per heavy atom. The zero-order valence-electron chi connectivity index (χ0n) is 12.2. The van der Waals surface area contributed by atoms with Gasteiger partial charge in [0.2, 0.25) is 0 Å². The normalized spacial score (nSPS) is 20.1. The van der Waals surface area contributed by atoms with E-state index in [1.165, 1.54) is 15.6 Å². The van der Waals surface area contributed by atoms with E-state index in [9.17, 15) is 8.42 Å². The van der Waals surface area contributed by atoms with Crippen molar-refractivity contribution in [1.29, 1.82) is 0 Å². The third-order valence-corrected chi connectivity index (χ3v) is 6.57. The van der Waals surface area contributed by atoms with Crippen LogP contribution in [0.15, 0.2) is 16.3 Å². The molecular formula is C13H22N2O3S2. The Morgan fingerprint density at radius 1 is 1.45 bits per heavy atom. The summed E-state index contributed by atoms with van der Waals surface area (Å²) in [6, 6.07) is 3.58. The van der Waals surface area contributed by atoms with E-state index in [4.69, 9.17) is 4.74 Å². The summed E-state index contributed by atoms with van der Waals surface area (Å²) in [6.45, 7) is 8.72. The summed E-state index contributed by atoms with van der Waals surface area (Å²) in [7, 11) is -3.39. The highest BCUT2D eigenvalue weighted by Crippen LogP contribution is 2.28. The van der Waals surface area contributed by atoms with Crippen LogP contribution in [0.25, 0.3) is 0 Å². The summed E-state index contributed by atoms with van der Waals surface area (Å²) in [4.78, 5) is 1.04. The minimum Gasteiger partial charge on any atom is -0.373 e. The summed E-state index contributed by atoms with van der Waals surface area (Å²) in [6.07, 6.45) is 0. The molecule has 1 N–H and O–H groups in total. The number of hydrogen-bond acceptors (Lipinski definition) is 5. The molecule has 0 aliphatic carbocycles. The lowest BCUT2D eigenvalue weighted by molar-refractivity contribution is -0.0639. The second-order valence-corrected chi connectivity index (χ2v) is 8.78. The lowest BCUT2D eigenvalue weighted by Gasteiger charge is -2.37. The number of ether oxygens (including phenoxy) is 1. The van der Waals surface area contributed by atoms with Crippen LogP contribution in [0.3, 0.4) is 0 Å². The number of hydrogen-bond donors (Lipinski definition) is 1. The monoisotopic (exact) mass is 318 g/mol. The molecule has 1 saturated heterocycles. The van der Waals surface area contributed by atoms with E-state index in [1.807, 2.05) is 26.8 Å². The Morgan fingerprint density at radius 3 is 2.85 bits per heavy atom. The van der Waals surface area contributed by atoms with Crippen molar-refractivity contribution >= 4 is 21.4 Å². The molecule has 1 aliphatic rings. The van der Waals surface area contributed by atoms with Crippen LogP contribution in [0.5, 0.6) is 0 Å². The van der Waals surface area contributed by atoms with Crippen LogP contribution < -0.4 is 5.32 Å². The number of thiophene rings is 1. The SMILES string of the molecule is CCNCc1ccc(S(=O)(=O)N2CCOC(C)(C)C2)s1. The minimum atomic E-state index is -3.39. The van der Waals surface area contributed by atoms with Gasteiger partial charge in [0.1, 0.15) is 4.21 Å². The molecule has 0 aromatic carbocycles. The van der Waals surface area contributed by atoms with E-state index in [-0.39, 0.29) is 0 Å². The first-order valence-corrected chi connectivity index (χ1v) is 9.04. The van der Waals surface area contributed by atoms with E-state index in [0.29, 0.717) is 30.5 Å². The predicted octanol–water partition coefficient (Wildman–Crippen LogP) is 1.66. The first-order valence-electron chi connectivity index (χ1n) is 6.79. The van der Waals surface area contributed by atoms with Gasteiger partial charge in [-0.15, -0.1) is 11.3 Å². The highest BCUT2D eigenvalue weighted by Gasteiger charge is 2.35. The van der Waals surface area contributed by atoms with Crippen molar-refractivity contribution < 1.29 is 13.2 Å². The Balaban J connectivity index is 2.15. The zero-order valence-corrected chi connectivity index (χ0v) is 13.8. The number of nitrogens with one attached hydrogen (secondary N) is 1. The highest BCUT2D eigenvalue weighted by atomic mass is 32.2. The molecule has 20 heavy (non-hydrogen) atoms. The van der Waals surface area contributed by atoms with Crippen LogP contribution in [0.4, 0.5) is 0 Å². The molecule has 2 rings (SSSR count). The average molecular weight is 318 g/mol. The van der Waals surface area contributed by atoms with Gasteiger partial charge >= 0.3 is 0 Å². The van der Waals surface area contributed by atoms with Gasteiger partial charge in [0.25, 0.3) is 10.0 Å². The third kappa shape index (κ3) is 3.59. The second kappa shape index (κ2) is 6.11. The van der Waals surface area contributed by atoms with E-state index in [0.717, 1.165) is 11.4 Å². The van der Waals surface area contributed by atoms with Crippen molar-refractivity contribution in [2.75, 3.05) is 26.2 Å². The molecule has 7 heteroatoms. The van der Waals surface area contributed by atoms with Crippen molar-refractivity contribution in [3.8, 4) is 0 Å². The maximum atomic E-state index is 12.6. The van der Waals surface area contributed by atoms with Crippen molar-refractivity contribution in [3.05, 3.63) is 17.0 Å². The van der Waals surface area contributed by atoms with E-state index in [1.54, 1.807) is 6.07 Å².